The predicted octanol–water partition coefficient (Wildman–Crippen LogP) is 3.85. The molecule has 0 unspecified atom stereocenters. The van der Waals surface area contributed by atoms with E-state index in [2.05, 4.69) is 28.1 Å². The van der Waals surface area contributed by atoms with Crippen LogP contribution in [0.2, 0.25) is 0 Å². The van der Waals surface area contributed by atoms with Gasteiger partial charge in [-0.2, -0.15) is 0 Å². The van der Waals surface area contributed by atoms with Crippen molar-refractivity contribution < 1.29 is 19.1 Å². The summed E-state index contributed by atoms with van der Waals surface area (Å²) in [5.41, 5.74) is 2.35. The van der Waals surface area contributed by atoms with Crippen molar-refractivity contribution in [2.75, 3.05) is 26.4 Å². The van der Waals surface area contributed by atoms with E-state index >= 15 is 0 Å². The van der Waals surface area contributed by atoms with Crippen LogP contribution in [0, 0.1) is 0 Å². The first-order chi connectivity index (χ1) is 18.1. The van der Waals surface area contributed by atoms with Gasteiger partial charge < -0.3 is 14.4 Å². The van der Waals surface area contributed by atoms with Crippen LogP contribution >= 0.6 is 0 Å². The van der Waals surface area contributed by atoms with Crippen LogP contribution in [0.4, 0.5) is 4.79 Å². The van der Waals surface area contributed by atoms with Crippen molar-refractivity contribution >= 4 is 11.9 Å². The van der Waals surface area contributed by atoms with E-state index in [1.54, 1.807) is 12.4 Å². The highest BCUT2D eigenvalue weighted by molar-refractivity contribution is 6.07. The number of hydrogen-bond donors (Lipinski definition) is 0. The van der Waals surface area contributed by atoms with Gasteiger partial charge in [-0.05, 0) is 54.2 Å². The van der Waals surface area contributed by atoms with E-state index in [-0.39, 0.29) is 25.3 Å². The molecule has 0 N–H and O–H groups in total. The Morgan fingerprint density at radius 2 is 1.62 bits per heavy atom. The number of nitrogens with zero attached hydrogens (tertiary/aromatic N) is 4. The fourth-order valence-corrected chi connectivity index (χ4v) is 5.65. The zero-order valence-corrected chi connectivity index (χ0v) is 20.7. The van der Waals surface area contributed by atoms with Gasteiger partial charge in [0, 0.05) is 38.6 Å². The Hall–Kier alpha value is -3.91. The molecule has 2 fully saturated rings. The fourth-order valence-electron chi connectivity index (χ4n) is 5.65. The summed E-state index contributed by atoms with van der Waals surface area (Å²) in [7, 11) is 0. The van der Waals surface area contributed by atoms with Gasteiger partial charge in [0.1, 0.15) is 5.54 Å². The summed E-state index contributed by atoms with van der Waals surface area (Å²) in [5.74, 6) is 1.47. The molecular weight excluding hydrogens is 468 g/mol. The van der Waals surface area contributed by atoms with Crippen molar-refractivity contribution in [3.05, 3.63) is 89.7 Å². The second-order valence-corrected chi connectivity index (χ2v) is 9.92. The minimum absolute atomic E-state index is 0.0860. The Morgan fingerprint density at radius 3 is 2.41 bits per heavy atom. The molecule has 3 amide bonds. The third-order valence-corrected chi connectivity index (χ3v) is 7.68. The summed E-state index contributed by atoms with van der Waals surface area (Å²) in [6.07, 6.45) is 5.35. The number of pyridine rings is 1. The molecule has 3 aliphatic rings. The van der Waals surface area contributed by atoms with Gasteiger partial charge in [0.15, 0.2) is 11.5 Å². The van der Waals surface area contributed by atoms with Crippen LogP contribution in [-0.4, -0.2) is 63.6 Å². The Kier molecular flexibility index (Phi) is 6.26. The first kappa shape index (κ1) is 23.5. The van der Waals surface area contributed by atoms with Crippen molar-refractivity contribution in [3.8, 4) is 11.5 Å². The van der Waals surface area contributed by atoms with Crippen LogP contribution in [0.15, 0.2) is 73.1 Å². The van der Waals surface area contributed by atoms with E-state index < -0.39 is 5.54 Å². The van der Waals surface area contributed by atoms with Crippen LogP contribution < -0.4 is 9.47 Å². The number of piperidine rings is 1. The normalized spacial score (nSPS) is 18.7. The molecule has 1 spiro atoms. The van der Waals surface area contributed by atoms with Gasteiger partial charge in [0.2, 0.25) is 6.79 Å². The van der Waals surface area contributed by atoms with E-state index in [0.29, 0.717) is 25.8 Å². The first-order valence-electron chi connectivity index (χ1n) is 12.8. The number of carbonyl (C=O) groups excluding carboxylic acids is 2. The van der Waals surface area contributed by atoms with Crippen LogP contribution in [0.3, 0.4) is 0 Å². The zero-order chi connectivity index (χ0) is 25.2. The third kappa shape index (κ3) is 4.53. The Labute approximate surface area is 216 Å². The minimum atomic E-state index is -0.806. The van der Waals surface area contributed by atoms with Gasteiger partial charge in [0.25, 0.3) is 5.91 Å². The van der Waals surface area contributed by atoms with Crippen molar-refractivity contribution in [3.63, 3.8) is 0 Å². The van der Waals surface area contributed by atoms with Crippen molar-refractivity contribution in [1.82, 2.24) is 19.7 Å². The molecule has 2 aromatic carbocycles. The zero-order valence-electron chi connectivity index (χ0n) is 20.7. The number of hydrogen-bond acceptors (Lipinski definition) is 6. The number of rotatable bonds is 7. The van der Waals surface area contributed by atoms with E-state index in [0.717, 1.165) is 47.8 Å². The molecule has 0 radical (unpaired) electrons. The highest BCUT2D eigenvalue weighted by atomic mass is 16.7. The molecule has 190 valence electrons. The number of urea groups is 1. The van der Waals surface area contributed by atoms with Gasteiger partial charge in [-0.1, -0.05) is 42.5 Å². The number of ether oxygens (including phenoxy) is 2. The quantitative estimate of drug-likeness (QED) is 0.461. The van der Waals surface area contributed by atoms with Crippen LogP contribution in [0.1, 0.15) is 29.5 Å². The lowest BCUT2D eigenvalue weighted by Gasteiger charge is -2.42. The van der Waals surface area contributed by atoms with E-state index in [1.807, 2.05) is 47.4 Å². The molecule has 0 saturated carbocycles. The Balaban J connectivity index is 1.20. The van der Waals surface area contributed by atoms with Gasteiger partial charge in [-0.25, -0.2) is 4.79 Å². The maximum absolute atomic E-state index is 13.9. The Bertz CT molecular complexity index is 1280. The molecule has 8 nitrogen and oxygen atoms in total. The van der Waals surface area contributed by atoms with Gasteiger partial charge >= 0.3 is 6.03 Å². The van der Waals surface area contributed by atoms with Gasteiger partial charge in [-0.3, -0.25) is 19.6 Å². The number of aromatic nitrogens is 1. The molecule has 2 saturated heterocycles. The van der Waals surface area contributed by atoms with Crippen LogP contribution in [0.25, 0.3) is 0 Å². The number of carbonyl (C=O) groups is 2. The number of likely N-dealkylation sites (tertiary alicyclic amines) is 1. The van der Waals surface area contributed by atoms with Crippen molar-refractivity contribution in [2.45, 2.75) is 37.9 Å². The smallest absolute Gasteiger partial charge is 0.328 e. The third-order valence-electron chi connectivity index (χ3n) is 7.68. The highest BCUT2D eigenvalue weighted by Crippen LogP contribution is 2.39. The molecule has 0 bridgehead atoms. The van der Waals surface area contributed by atoms with E-state index in [9.17, 15) is 9.59 Å². The molecule has 37 heavy (non-hydrogen) atoms. The molecule has 3 aromatic rings. The van der Waals surface area contributed by atoms with Gasteiger partial charge in [0.05, 0.1) is 6.54 Å². The second kappa shape index (κ2) is 9.86. The first-order valence-corrected chi connectivity index (χ1v) is 12.8. The molecule has 3 aliphatic heterocycles. The molecule has 8 heteroatoms. The molecule has 6 rings (SSSR count). The maximum Gasteiger partial charge on any atom is 0.328 e. The average molecular weight is 499 g/mol. The van der Waals surface area contributed by atoms with Crippen LogP contribution in [0.5, 0.6) is 11.5 Å². The summed E-state index contributed by atoms with van der Waals surface area (Å²) in [4.78, 5) is 37.4. The second-order valence-electron chi connectivity index (χ2n) is 9.92. The Morgan fingerprint density at radius 1 is 0.838 bits per heavy atom. The number of amides is 3. The minimum Gasteiger partial charge on any atom is -0.454 e. The lowest BCUT2D eigenvalue weighted by molar-refractivity contribution is -0.136. The summed E-state index contributed by atoms with van der Waals surface area (Å²) < 4.78 is 11.0. The number of benzene rings is 2. The molecule has 4 heterocycles. The lowest BCUT2D eigenvalue weighted by Crippen LogP contribution is -2.56. The molecule has 0 aliphatic carbocycles. The molecule has 0 atom stereocenters. The fraction of sp³-hybridized carbons (Fsp3) is 0.345. The molecule has 1 aromatic heterocycles. The van der Waals surface area contributed by atoms with Crippen molar-refractivity contribution in [2.24, 2.45) is 0 Å². The molecular formula is C29H30N4O4. The van der Waals surface area contributed by atoms with E-state index in [4.69, 9.17) is 9.47 Å². The maximum atomic E-state index is 13.9. The van der Waals surface area contributed by atoms with Crippen LogP contribution in [-0.2, 0) is 24.3 Å². The predicted molar refractivity (Wildman–Crippen MR) is 137 cm³/mol. The highest BCUT2D eigenvalue weighted by Gasteiger charge is 2.57. The van der Waals surface area contributed by atoms with Crippen molar-refractivity contribution in [1.29, 1.82) is 0 Å². The number of fused-ring (bicyclic) bond motifs is 1. The lowest BCUT2D eigenvalue weighted by atomic mass is 9.85. The number of imide groups is 1. The summed E-state index contributed by atoms with van der Waals surface area (Å²) >= 11 is 0. The summed E-state index contributed by atoms with van der Waals surface area (Å²) in [6, 6.07) is 19.7. The largest absolute Gasteiger partial charge is 0.454 e. The SMILES string of the molecule is O=C1N(Cc2cccnc2)C(=O)C2(CCN(Cc3ccc4c(c3)OCO4)CC2)N1CCc1ccccc1. The summed E-state index contributed by atoms with van der Waals surface area (Å²) in [5, 5.41) is 0. The van der Waals surface area contributed by atoms with Gasteiger partial charge in [-0.15, -0.1) is 0 Å². The standard InChI is InChI=1S/C29H30N4O4/c34-27-29(11-15-31(16-12-29)19-23-8-9-25-26(17-23)37-21-36-25)33(14-10-22-5-2-1-3-6-22)28(35)32(27)20-24-7-4-13-30-18-24/h1-9,13,17-18H,10-12,14-16,19-21H2. The summed E-state index contributed by atoms with van der Waals surface area (Å²) in [6.45, 7) is 3.25. The topological polar surface area (TPSA) is 75.2 Å². The van der Waals surface area contributed by atoms with E-state index in [1.165, 1.54) is 4.90 Å². The monoisotopic (exact) mass is 498 g/mol. The average Bonchev–Trinajstić information content (AvgIpc) is 3.47.